The van der Waals surface area contributed by atoms with Gasteiger partial charge in [-0.25, -0.2) is 0 Å². The summed E-state index contributed by atoms with van der Waals surface area (Å²) in [5.41, 5.74) is 2.21. The first-order chi connectivity index (χ1) is 8.88. The third-order valence-electron chi connectivity index (χ3n) is 3.36. The largest absolute Gasteiger partial charge is 0.458 e. The Balaban J connectivity index is 1.88. The van der Waals surface area contributed by atoms with Crippen molar-refractivity contribution in [2.24, 2.45) is 0 Å². The molecule has 0 unspecified atom stereocenters. The second-order valence-corrected chi connectivity index (χ2v) is 4.79. The Bertz CT molecular complexity index is 528. The molecule has 2 aromatic rings. The van der Waals surface area contributed by atoms with E-state index in [0.717, 1.165) is 17.9 Å². The molecule has 0 amide bonds. The molecule has 96 valence electrons. The summed E-state index contributed by atoms with van der Waals surface area (Å²) < 4.78 is 11.4. The molecule has 1 aromatic carbocycles. The van der Waals surface area contributed by atoms with Gasteiger partial charge in [-0.1, -0.05) is 18.2 Å². The molecule has 0 atom stereocenters. The van der Waals surface area contributed by atoms with Gasteiger partial charge in [0.25, 0.3) is 0 Å². The van der Waals surface area contributed by atoms with Gasteiger partial charge in [0.2, 0.25) is 0 Å². The fourth-order valence-electron chi connectivity index (χ4n) is 2.19. The number of fused-ring (bicyclic) bond motifs is 1. The van der Waals surface area contributed by atoms with Crippen molar-refractivity contribution in [2.45, 2.75) is 39.0 Å². The Labute approximate surface area is 107 Å². The molecule has 0 saturated heterocycles. The minimum Gasteiger partial charge on any atom is -0.458 e. The Hall–Kier alpha value is -1.32. The molecule has 0 aliphatic heterocycles. The van der Waals surface area contributed by atoms with E-state index in [1.54, 1.807) is 0 Å². The minimum absolute atomic E-state index is 0.562. The first-order valence-electron chi connectivity index (χ1n) is 6.69. The van der Waals surface area contributed by atoms with Crippen molar-refractivity contribution >= 4 is 11.0 Å². The van der Waals surface area contributed by atoms with E-state index in [2.05, 4.69) is 17.4 Å². The third-order valence-corrected chi connectivity index (χ3v) is 3.36. The predicted octanol–water partition coefficient (Wildman–Crippen LogP) is 3.22. The molecule has 1 aliphatic rings. The maximum atomic E-state index is 5.89. The standard InChI is InChI=1S/C15H19NO2/c1-2-17-10-15-13(9-16-11-7-8-11)12-5-3-4-6-14(12)18-15/h3-6,11,16H,2,7-10H2,1H3. The Morgan fingerprint density at radius 3 is 2.94 bits per heavy atom. The molecule has 3 nitrogen and oxygen atoms in total. The number of para-hydroxylation sites is 1. The van der Waals surface area contributed by atoms with Gasteiger partial charge in [-0.3, -0.25) is 0 Å². The van der Waals surface area contributed by atoms with Gasteiger partial charge in [0.15, 0.2) is 0 Å². The highest BCUT2D eigenvalue weighted by Crippen LogP contribution is 2.28. The summed E-state index contributed by atoms with van der Waals surface area (Å²) in [5, 5.41) is 4.76. The van der Waals surface area contributed by atoms with Crippen LogP contribution in [0.15, 0.2) is 28.7 Å². The summed E-state index contributed by atoms with van der Waals surface area (Å²) in [7, 11) is 0. The zero-order chi connectivity index (χ0) is 12.4. The summed E-state index contributed by atoms with van der Waals surface area (Å²) in [6.45, 7) is 4.16. The van der Waals surface area contributed by atoms with Crippen LogP contribution >= 0.6 is 0 Å². The van der Waals surface area contributed by atoms with Gasteiger partial charge in [0, 0.05) is 30.1 Å². The predicted molar refractivity (Wildman–Crippen MR) is 71.4 cm³/mol. The number of nitrogens with one attached hydrogen (secondary N) is 1. The lowest BCUT2D eigenvalue weighted by Gasteiger charge is -2.04. The number of benzene rings is 1. The van der Waals surface area contributed by atoms with Crippen LogP contribution in [0.3, 0.4) is 0 Å². The molecule has 1 aliphatic carbocycles. The van der Waals surface area contributed by atoms with Crippen molar-refractivity contribution in [1.29, 1.82) is 0 Å². The van der Waals surface area contributed by atoms with Crippen molar-refractivity contribution < 1.29 is 9.15 Å². The molecular weight excluding hydrogens is 226 g/mol. The van der Waals surface area contributed by atoms with Crippen molar-refractivity contribution in [3.05, 3.63) is 35.6 Å². The Morgan fingerprint density at radius 1 is 1.33 bits per heavy atom. The van der Waals surface area contributed by atoms with E-state index >= 15 is 0 Å². The zero-order valence-electron chi connectivity index (χ0n) is 10.7. The summed E-state index contributed by atoms with van der Waals surface area (Å²) in [5.74, 6) is 0.964. The Morgan fingerprint density at radius 2 is 2.17 bits per heavy atom. The molecular formula is C15H19NO2. The van der Waals surface area contributed by atoms with Crippen LogP contribution in [0.25, 0.3) is 11.0 Å². The number of furan rings is 1. The molecule has 3 rings (SSSR count). The molecule has 1 saturated carbocycles. The monoisotopic (exact) mass is 245 g/mol. The second-order valence-electron chi connectivity index (χ2n) is 4.79. The van der Waals surface area contributed by atoms with Crippen LogP contribution < -0.4 is 5.32 Å². The highest BCUT2D eigenvalue weighted by atomic mass is 16.5. The smallest absolute Gasteiger partial charge is 0.135 e. The molecule has 3 heteroatoms. The third kappa shape index (κ3) is 2.42. The molecule has 18 heavy (non-hydrogen) atoms. The van der Waals surface area contributed by atoms with Crippen LogP contribution in [-0.4, -0.2) is 12.6 Å². The van der Waals surface area contributed by atoms with Crippen molar-refractivity contribution in [1.82, 2.24) is 5.32 Å². The number of hydrogen-bond acceptors (Lipinski definition) is 3. The molecule has 1 N–H and O–H groups in total. The fourth-order valence-corrected chi connectivity index (χ4v) is 2.19. The maximum absolute atomic E-state index is 5.89. The molecule has 1 fully saturated rings. The minimum atomic E-state index is 0.562. The maximum Gasteiger partial charge on any atom is 0.135 e. The van der Waals surface area contributed by atoms with Crippen LogP contribution in [-0.2, 0) is 17.9 Å². The van der Waals surface area contributed by atoms with Crippen molar-refractivity contribution in [3.8, 4) is 0 Å². The lowest BCUT2D eigenvalue weighted by Crippen LogP contribution is -2.16. The van der Waals surface area contributed by atoms with Crippen LogP contribution in [0, 0.1) is 0 Å². The van der Waals surface area contributed by atoms with E-state index in [9.17, 15) is 0 Å². The van der Waals surface area contributed by atoms with E-state index in [1.165, 1.54) is 23.8 Å². The van der Waals surface area contributed by atoms with Crippen LogP contribution in [0.1, 0.15) is 31.1 Å². The Kier molecular flexibility index (Phi) is 3.35. The fraction of sp³-hybridized carbons (Fsp3) is 0.467. The number of ether oxygens (including phenoxy) is 1. The summed E-state index contributed by atoms with van der Waals surface area (Å²) in [4.78, 5) is 0. The van der Waals surface area contributed by atoms with Crippen molar-refractivity contribution in [3.63, 3.8) is 0 Å². The molecule has 1 heterocycles. The summed E-state index contributed by atoms with van der Waals surface area (Å²) in [6, 6.07) is 8.92. The lowest BCUT2D eigenvalue weighted by atomic mass is 10.1. The van der Waals surface area contributed by atoms with E-state index in [1.807, 2.05) is 19.1 Å². The van der Waals surface area contributed by atoms with Crippen LogP contribution in [0.4, 0.5) is 0 Å². The summed E-state index contributed by atoms with van der Waals surface area (Å²) in [6.07, 6.45) is 2.60. The van der Waals surface area contributed by atoms with E-state index in [-0.39, 0.29) is 0 Å². The zero-order valence-corrected chi connectivity index (χ0v) is 10.7. The van der Waals surface area contributed by atoms with Gasteiger partial charge in [-0.05, 0) is 25.8 Å². The van der Waals surface area contributed by atoms with E-state index in [0.29, 0.717) is 19.3 Å². The average Bonchev–Trinajstić information content (AvgIpc) is 3.15. The van der Waals surface area contributed by atoms with Gasteiger partial charge in [0.1, 0.15) is 18.0 Å². The second kappa shape index (κ2) is 5.12. The number of rotatable bonds is 6. The van der Waals surface area contributed by atoms with Crippen LogP contribution in [0.5, 0.6) is 0 Å². The quantitative estimate of drug-likeness (QED) is 0.848. The molecule has 0 spiro atoms. The van der Waals surface area contributed by atoms with Gasteiger partial charge >= 0.3 is 0 Å². The molecule has 0 bridgehead atoms. The normalized spacial score (nSPS) is 15.4. The summed E-state index contributed by atoms with van der Waals surface area (Å²) >= 11 is 0. The van der Waals surface area contributed by atoms with Crippen molar-refractivity contribution in [2.75, 3.05) is 6.61 Å². The topological polar surface area (TPSA) is 34.4 Å². The lowest BCUT2D eigenvalue weighted by molar-refractivity contribution is 0.118. The molecule has 0 radical (unpaired) electrons. The highest BCUT2D eigenvalue weighted by Gasteiger charge is 2.22. The van der Waals surface area contributed by atoms with Gasteiger partial charge in [-0.2, -0.15) is 0 Å². The molecule has 1 aromatic heterocycles. The van der Waals surface area contributed by atoms with Crippen LogP contribution in [0.2, 0.25) is 0 Å². The van der Waals surface area contributed by atoms with Gasteiger partial charge < -0.3 is 14.5 Å². The first-order valence-corrected chi connectivity index (χ1v) is 6.69. The van der Waals surface area contributed by atoms with Gasteiger partial charge in [0.05, 0.1) is 0 Å². The van der Waals surface area contributed by atoms with Gasteiger partial charge in [-0.15, -0.1) is 0 Å². The van der Waals surface area contributed by atoms with E-state index < -0.39 is 0 Å². The SMILES string of the molecule is CCOCc1oc2ccccc2c1CNC1CC1. The first kappa shape index (κ1) is 11.8. The average molecular weight is 245 g/mol. The number of hydrogen-bond donors (Lipinski definition) is 1. The highest BCUT2D eigenvalue weighted by molar-refractivity contribution is 5.82. The van der Waals surface area contributed by atoms with E-state index in [4.69, 9.17) is 9.15 Å².